The molecule has 0 bridgehead atoms. The first-order chi connectivity index (χ1) is 9.65. The van der Waals surface area contributed by atoms with E-state index >= 15 is 0 Å². The number of hydrogen-bond acceptors (Lipinski definition) is 6. The van der Waals surface area contributed by atoms with Crippen LogP contribution in [0, 0.1) is 0 Å². The Labute approximate surface area is 116 Å². The molecule has 0 atom stereocenters. The summed E-state index contributed by atoms with van der Waals surface area (Å²) in [5.41, 5.74) is 6.69. The van der Waals surface area contributed by atoms with Crippen molar-refractivity contribution in [1.82, 2.24) is 9.97 Å². The van der Waals surface area contributed by atoms with Crippen molar-refractivity contribution in [2.75, 3.05) is 12.5 Å². The zero-order valence-electron chi connectivity index (χ0n) is 11.3. The van der Waals surface area contributed by atoms with Gasteiger partial charge in [-0.3, -0.25) is 0 Å². The average molecular weight is 273 g/mol. The van der Waals surface area contributed by atoms with Crippen molar-refractivity contribution in [1.29, 1.82) is 0 Å². The van der Waals surface area contributed by atoms with E-state index in [0.29, 0.717) is 28.9 Å². The highest BCUT2D eigenvalue weighted by molar-refractivity contribution is 5.51. The molecule has 1 aliphatic heterocycles. The Morgan fingerprint density at radius 3 is 2.80 bits per heavy atom. The molecule has 6 nitrogen and oxygen atoms in total. The Kier molecular flexibility index (Phi) is 3.06. The number of fused-ring (bicyclic) bond motifs is 1. The van der Waals surface area contributed by atoms with E-state index in [0.717, 1.165) is 5.56 Å². The van der Waals surface area contributed by atoms with Crippen LogP contribution in [0.2, 0.25) is 0 Å². The second kappa shape index (κ2) is 4.88. The molecule has 0 unspecified atom stereocenters. The molecule has 3 rings (SSSR count). The molecule has 20 heavy (non-hydrogen) atoms. The van der Waals surface area contributed by atoms with Crippen LogP contribution in [0.25, 0.3) is 0 Å². The molecule has 1 aromatic heterocycles. The third kappa shape index (κ3) is 2.20. The van der Waals surface area contributed by atoms with Gasteiger partial charge in [-0.1, -0.05) is 13.8 Å². The highest BCUT2D eigenvalue weighted by Crippen LogP contribution is 2.38. The number of anilines is 1. The number of nitrogens with two attached hydrogens (primary N) is 1. The maximum Gasteiger partial charge on any atom is 0.231 e. The number of aromatic nitrogens is 2. The van der Waals surface area contributed by atoms with E-state index in [1.165, 1.54) is 6.33 Å². The third-order valence-corrected chi connectivity index (χ3v) is 3.01. The lowest BCUT2D eigenvalue weighted by Gasteiger charge is -2.13. The highest BCUT2D eigenvalue weighted by Gasteiger charge is 2.17. The lowest BCUT2D eigenvalue weighted by Crippen LogP contribution is -2.04. The second-order valence-corrected chi connectivity index (χ2v) is 4.75. The molecule has 6 heteroatoms. The molecule has 2 heterocycles. The molecule has 104 valence electrons. The van der Waals surface area contributed by atoms with E-state index < -0.39 is 0 Å². The van der Waals surface area contributed by atoms with Gasteiger partial charge in [0, 0.05) is 6.07 Å². The Bertz CT molecular complexity index is 644. The van der Waals surface area contributed by atoms with Crippen molar-refractivity contribution in [2.45, 2.75) is 19.8 Å². The average Bonchev–Trinajstić information content (AvgIpc) is 2.85. The first-order valence-electron chi connectivity index (χ1n) is 6.33. The maximum absolute atomic E-state index is 5.89. The molecule has 0 amide bonds. The maximum atomic E-state index is 5.89. The zero-order chi connectivity index (χ0) is 14.1. The van der Waals surface area contributed by atoms with Crippen molar-refractivity contribution >= 4 is 5.82 Å². The Balaban J connectivity index is 1.93. The van der Waals surface area contributed by atoms with Crippen molar-refractivity contribution in [3.8, 4) is 23.1 Å². The summed E-state index contributed by atoms with van der Waals surface area (Å²) in [6.45, 7) is 4.26. The van der Waals surface area contributed by atoms with Gasteiger partial charge in [0.2, 0.25) is 12.7 Å². The predicted octanol–water partition coefficient (Wildman–Crippen LogP) is 2.70. The van der Waals surface area contributed by atoms with E-state index in [-0.39, 0.29) is 12.7 Å². The summed E-state index contributed by atoms with van der Waals surface area (Å²) in [5, 5.41) is 0. The van der Waals surface area contributed by atoms with Crippen molar-refractivity contribution in [3.63, 3.8) is 0 Å². The summed E-state index contributed by atoms with van der Waals surface area (Å²) < 4.78 is 16.4. The van der Waals surface area contributed by atoms with Crippen molar-refractivity contribution in [2.24, 2.45) is 0 Å². The van der Waals surface area contributed by atoms with E-state index in [1.54, 1.807) is 18.2 Å². The third-order valence-electron chi connectivity index (χ3n) is 3.01. The summed E-state index contributed by atoms with van der Waals surface area (Å²) in [4.78, 5) is 8.17. The lowest BCUT2D eigenvalue weighted by atomic mass is 10.1. The highest BCUT2D eigenvalue weighted by atomic mass is 16.7. The molecule has 2 aromatic rings. The minimum Gasteiger partial charge on any atom is -0.454 e. The number of ether oxygens (including phenoxy) is 3. The molecule has 2 N–H and O–H groups in total. The predicted molar refractivity (Wildman–Crippen MR) is 73.2 cm³/mol. The van der Waals surface area contributed by atoms with Gasteiger partial charge in [-0.25, -0.2) is 9.97 Å². The van der Waals surface area contributed by atoms with Crippen molar-refractivity contribution < 1.29 is 14.2 Å². The molecule has 0 radical (unpaired) electrons. The van der Waals surface area contributed by atoms with Crippen LogP contribution >= 0.6 is 0 Å². The van der Waals surface area contributed by atoms with E-state index in [9.17, 15) is 0 Å². The minimum absolute atomic E-state index is 0.167. The monoisotopic (exact) mass is 273 g/mol. The smallest absolute Gasteiger partial charge is 0.231 e. The summed E-state index contributed by atoms with van der Waals surface area (Å²) in [6.07, 6.45) is 1.39. The molecular weight excluding hydrogens is 258 g/mol. The van der Waals surface area contributed by atoms with Gasteiger partial charge < -0.3 is 19.9 Å². The zero-order valence-corrected chi connectivity index (χ0v) is 11.3. The van der Waals surface area contributed by atoms with Gasteiger partial charge in [-0.15, -0.1) is 0 Å². The first-order valence-corrected chi connectivity index (χ1v) is 6.33. The van der Waals surface area contributed by atoms with Crippen LogP contribution in [0.5, 0.6) is 23.1 Å². The quantitative estimate of drug-likeness (QED) is 0.926. The van der Waals surface area contributed by atoms with Crippen LogP contribution < -0.4 is 19.9 Å². The molecule has 1 aromatic carbocycles. The van der Waals surface area contributed by atoms with Gasteiger partial charge in [0.25, 0.3) is 0 Å². The number of nitrogen functional groups attached to an aromatic ring is 1. The van der Waals surface area contributed by atoms with E-state index in [4.69, 9.17) is 19.9 Å². The van der Waals surface area contributed by atoms with E-state index in [2.05, 4.69) is 9.97 Å². The Morgan fingerprint density at radius 2 is 2.00 bits per heavy atom. The fourth-order valence-corrected chi connectivity index (χ4v) is 2.07. The Morgan fingerprint density at radius 1 is 1.20 bits per heavy atom. The summed E-state index contributed by atoms with van der Waals surface area (Å²) in [6, 6.07) is 5.37. The van der Waals surface area contributed by atoms with Crippen LogP contribution in [-0.2, 0) is 0 Å². The molecule has 0 saturated carbocycles. The van der Waals surface area contributed by atoms with Crippen LogP contribution in [0.15, 0.2) is 24.5 Å². The molecule has 0 fully saturated rings. The van der Waals surface area contributed by atoms with Crippen LogP contribution in [-0.4, -0.2) is 16.8 Å². The van der Waals surface area contributed by atoms with E-state index in [1.807, 2.05) is 13.8 Å². The summed E-state index contributed by atoms with van der Waals surface area (Å²) in [5.74, 6) is 3.06. The Hall–Kier alpha value is -2.50. The second-order valence-electron chi connectivity index (χ2n) is 4.75. The molecule has 0 aliphatic carbocycles. The van der Waals surface area contributed by atoms with Gasteiger partial charge >= 0.3 is 0 Å². The van der Waals surface area contributed by atoms with Gasteiger partial charge in [-0.05, 0) is 18.1 Å². The molecular formula is C14H15N3O3. The van der Waals surface area contributed by atoms with Gasteiger partial charge in [-0.2, -0.15) is 0 Å². The first kappa shape index (κ1) is 12.5. The van der Waals surface area contributed by atoms with Crippen LogP contribution in [0.1, 0.15) is 25.3 Å². The molecule has 0 spiro atoms. The fourth-order valence-electron chi connectivity index (χ4n) is 2.07. The van der Waals surface area contributed by atoms with Crippen LogP contribution in [0.4, 0.5) is 5.82 Å². The normalized spacial score (nSPS) is 12.8. The minimum atomic E-state index is 0.167. The number of benzene rings is 1. The van der Waals surface area contributed by atoms with Crippen LogP contribution in [0.3, 0.4) is 0 Å². The van der Waals surface area contributed by atoms with Gasteiger partial charge in [0.1, 0.15) is 17.9 Å². The standard InChI is InChI=1S/C14H15N3O3/c1-8(2)12-13(15)16-6-17-14(12)20-9-3-4-10-11(5-9)19-7-18-10/h3-6,8H,7H2,1-2H3,(H2,15,16,17). The summed E-state index contributed by atoms with van der Waals surface area (Å²) in [7, 11) is 0. The van der Waals surface area contributed by atoms with Crippen molar-refractivity contribution in [3.05, 3.63) is 30.1 Å². The molecule has 0 saturated heterocycles. The largest absolute Gasteiger partial charge is 0.454 e. The number of rotatable bonds is 3. The lowest BCUT2D eigenvalue weighted by molar-refractivity contribution is 0.174. The summed E-state index contributed by atoms with van der Waals surface area (Å²) >= 11 is 0. The number of hydrogen-bond donors (Lipinski definition) is 1. The van der Waals surface area contributed by atoms with Gasteiger partial charge in [0.05, 0.1) is 5.56 Å². The van der Waals surface area contributed by atoms with Gasteiger partial charge in [0.15, 0.2) is 11.5 Å². The molecule has 1 aliphatic rings. The SMILES string of the molecule is CC(C)c1c(N)ncnc1Oc1ccc2c(c1)OCO2. The fraction of sp³-hybridized carbons (Fsp3) is 0.286. The topological polar surface area (TPSA) is 79.5 Å². The number of nitrogens with zero attached hydrogens (tertiary/aromatic N) is 2.